The first-order valence-electron chi connectivity index (χ1n) is 9.42. The van der Waals surface area contributed by atoms with Crippen molar-refractivity contribution in [2.24, 2.45) is 4.99 Å². The van der Waals surface area contributed by atoms with Gasteiger partial charge in [0.15, 0.2) is 5.96 Å². The molecule has 0 aliphatic carbocycles. The van der Waals surface area contributed by atoms with Gasteiger partial charge in [-0.1, -0.05) is 19.4 Å². The van der Waals surface area contributed by atoms with Crippen LogP contribution in [0.3, 0.4) is 0 Å². The third-order valence-corrected chi connectivity index (χ3v) is 3.99. The number of hydrogen-bond acceptors (Lipinski definition) is 5. The maximum absolute atomic E-state index is 10.6. The first-order chi connectivity index (χ1) is 13.1. The van der Waals surface area contributed by atoms with Crippen LogP contribution in [0, 0.1) is 0 Å². The Labute approximate surface area is 160 Å². The van der Waals surface area contributed by atoms with Crippen LogP contribution in [0.1, 0.15) is 44.9 Å². The van der Waals surface area contributed by atoms with E-state index in [1.807, 2.05) is 19.1 Å². The molecule has 0 bridgehead atoms. The minimum Gasteiger partial charge on any atom is -0.477 e. The number of aromatic nitrogens is 1. The summed E-state index contributed by atoms with van der Waals surface area (Å²) in [6, 6.07) is 7.34. The lowest BCUT2D eigenvalue weighted by Gasteiger charge is -2.22. The number of nitrogens with one attached hydrogen (secondary N) is 2. The van der Waals surface area contributed by atoms with Gasteiger partial charge in [0.25, 0.3) is 0 Å². The first-order valence-corrected chi connectivity index (χ1v) is 9.42. The van der Waals surface area contributed by atoms with Crippen molar-refractivity contribution in [1.82, 2.24) is 15.6 Å². The predicted molar refractivity (Wildman–Crippen MR) is 106 cm³/mol. The first kappa shape index (κ1) is 20.8. The van der Waals surface area contributed by atoms with Crippen molar-refractivity contribution in [3.05, 3.63) is 48.0 Å². The topological polar surface area (TPSA) is 91.9 Å². The van der Waals surface area contributed by atoms with Crippen LogP contribution in [-0.2, 0) is 12.1 Å². The normalized spacial score (nSPS) is 13.9. The molecule has 7 nitrogen and oxygen atoms in total. The van der Waals surface area contributed by atoms with E-state index in [0.717, 1.165) is 18.4 Å². The van der Waals surface area contributed by atoms with Gasteiger partial charge in [0, 0.05) is 18.3 Å². The molecule has 0 fully saturated rings. The summed E-state index contributed by atoms with van der Waals surface area (Å²) in [7, 11) is 0. The smallest absolute Gasteiger partial charge is 0.218 e. The number of guanidine groups is 1. The Morgan fingerprint density at radius 2 is 2.15 bits per heavy atom. The van der Waals surface area contributed by atoms with Crippen LogP contribution in [0.2, 0.25) is 0 Å². The molecule has 0 radical (unpaired) electrons. The van der Waals surface area contributed by atoms with E-state index in [2.05, 4.69) is 27.5 Å². The number of unbranched alkanes of at least 4 members (excludes halogenated alkanes) is 1. The fourth-order valence-electron chi connectivity index (χ4n) is 2.42. The number of pyridine rings is 1. The Morgan fingerprint density at radius 3 is 2.85 bits per heavy atom. The average molecular weight is 374 g/mol. The van der Waals surface area contributed by atoms with Crippen LogP contribution in [-0.4, -0.2) is 35.7 Å². The van der Waals surface area contributed by atoms with Crippen molar-refractivity contribution in [2.45, 2.75) is 45.8 Å². The SMILES string of the molecule is CCCCOc1ncccc1CN=C(NCC)NCC(C)(O)c1ccco1. The fourth-order valence-corrected chi connectivity index (χ4v) is 2.42. The van der Waals surface area contributed by atoms with E-state index < -0.39 is 5.60 Å². The lowest BCUT2D eigenvalue weighted by atomic mass is 10.0. The second-order valence-electron chi connectivity index (χ2n) is 6.47. The van der Waals surface area contributed by atoms with Crippen LogP contribution in [0.5, 0.6) is 5.88 Å². The number of ether oxygens (including phenoxy) is 1. The molecule has 0 saturated heterocycles. The number of rotatable bonds is 10. The number of nitrogens with zero attached hydrogens (tertiary/aromatic N) is 2. The van der Waals surface area contributed by atoms with Crippen LogP contribution >= 0.6 is 0 Å². The Balaban J connectivity index is 2.01. The third-order valence-electron chi connectivity index (χ3n) is 3.99. The maximum Gasteiger partial charge on any atom is 0.218 e. The molecule has 0 aromatic carbocycles. The molecule has 0 aliphatic heterocycles. The monoisotopic (exact) mass is 374 g/mol. The molecule has 148 valence electrons. The van der Waals surface area contributed by atoms with Gasteiger partial charge in [0.05, 0.1) is 26.0 Å². The van der Waals surface area contributed by atoms with Gasteiger partial charge < -0.3 is 24.9 Å². The predicted octanol–water partition coefficient (Wildman–Crippen LogP) is 2.82. The summed E-state index contributed by atoms with van der Waals surface area (Å²) < 4.78 is 11.1. The fraction of sp³-hybridized carbons (Fsp3) is 0.500. The second kappa shape index (κ2) is 10.6. The van der Waals surface area contributed by atoms with Crippen molar-refractivity contribution in [3.8, 4) is 5.88 Å². The van der Waals surface area contributed by atoms with E-state index >= 15 is 0 Å². The quantitative estimate of drug-likeness (QED) is 0.336. The van der Waals surface area contributed by atoms with Crippen LogP contribution in [0.15, 0.2) is 46.1 Å². The number of aliphatic imine (C=N–C) groups is 1. The minimum atomic E-state index is -1.14. The summed E-state index contributed by atoms with van der Waals surface area (Å²) in [5, 5.41) is 16.9. The van der Waals surface area contributed by atoms with Gasteiger partial charge in [0.2, 0.25) is 5.88 Å². The van der Waals surface area contributed by atoms with Crippen molar-refractivity contribution in [3.63, 3.8) is 0 Å². The van der Waals surface area contributed by atoms with Crippen LogP contribution < -0.4 is 15.4 Å². The zero-order valence-corrected chi connectivity index (χ0v) is 16.4. The van der Waals surface area contributed by atoms with Crippen molar-refractivity contribution >= 4 is 5.96 Å². The standard InChI is InChI=1S/C20H30N4O3/c1-4-6-12-27-18-16(9-7-11-22-18)14-23-19(21-5-2)24-15-20(3,25)17-10-8-13-26-17/h7-11,13,25H,4-6,12,14-15H2,1-3H3,(H2,21,23,24). The van der Waals surface area contributed by atoms with E-state index in [0.29, 0.717) is 37.3 Å². The maximum atomic E-state index is 10.6. The molecule has 0 saturated carbocycles. The number of furan rings is 1. The highest BCUT2D eigenvalue weighted by Gasteiger charge is 2.26. The van der Waals surface area contributed by atoms with Crippen LogP contribution in [0.25, 0.3) is 0 Å². The van der Waals surface area contributed by atoms with Gasteiger partial charge in [-0.3, -0.25) is 0 Å². The molecule has 0 aliphatic rings. The van der Waals surface area contributed by atoms with E-state index in [9.17, 15) is 5.11 Å². The minimum absolute atomic E-state index is 0.263. The van der Waals surface area contributed by atoms with Crippen molar-refractivity contribution < 1.29 is 14.3 Å². The molecule has 3 N–H and O–H groups in total. The molecule has 1 atom stereocenters. The van der Waals surface area contributed by atoms with Gasteiger partial charge in [-0.25, -0.2) is 9.98 Å². The Hall–Kier alpha value is -2.54. The molecular weight excluding hydrogens is 344 g/mol. The highest BCUT2D eigenvalue weighted by Crippen LogP contribution is 2.20. The number of hydrogen-bond donors (Lipinski definition) is 3. The van der Waals surface area contributed by atoms with Gasteiger partial charge in [-0.15, -0.1) is 0 Å². The Morgan fingerprint density at radius 1 is 1.30 bits per heavy atom. The molecule has 1 unspecified atom stereocenters. The summed E-state index contributed by atoms with van der Waals surface area (Å²) in [6.07, 6.45) is 5.33. The summed E-state index contributed by atoms with van der Waals surface area (Å²) in [4.78, 5) is 8.90. The molecule has 0 spiro atoms. The van der Waals surface area contributed by atoms with Crippen molar-refractivity contribution in [2.75, 3.05) is 19.7 Å². The zero-order valence-electron chi connectivity index (χ0n) is 16.4. The molecule has 2 heterocycles. The molecule has 2 aromatic heterocycles. The summed E-state index contributed by atoms with van der Waals surface area (Å²) in [5.41, 5.74) is -0.216. The average Bonchev–Trinajstić information content (AvgIpc) is 3.21. The molecular formula is C20H30N4O3. The van der Waals surface area contributed by atoms with Gasteiger partial charge >= 0.3 is 0 Å². The van der Waals surface area contributed by atoms with Gasteiger partial charge in [-0.2, -0.15) is 0 Å². The van der Waals surface area contributed by atoms with E-state index in [4.69, 9.17) is 9.15 Å². The lowest BCUT2D eigenvalue weighted by molar-refractivity contribution is 0.0386. The summed E-state index contributed by atoms with van der Waals surface area (Å²) in [6.45, 7) is 7.86. The summed E-state index contributed by atoms with van der Waals surface area (Å²) in [5.74, 6) is 1.73. The Kier molecular flexibility index (Phi) is 8.13. The zero-order chi connectivity index (χ0) is 19.5. The molecule has 2 aromatic rings. The molecule has 7 heteroatoms. The molecule has 2 rings (SSSR count). The highest BCUT2D eigenvalue weighted by molar-refractivity contribution is 5.79. The van der Waals surface area contributed by atoms with Crippen LogP contribution in [0.4, 0.5) is 0 Å². The third kappa shape index (κ3) is 6.60. The Bertz CT molecular complexity index is 699. The van der Waals surface area contributed by atoms with Gasteiger partial charge in [-0.05, 0) is 38.5 Å². The second-order valence-corrected chi connectivity index (χ2v) is 6.47. The lowest BCUT2D eigenvalue weighted by Crippen LogP contribution is -2.44. The largest absolute Gasteiger partial charge is 0.477 e. The highest BCUT2D eigenvalue weighted by atomic mass is 16.5. The number of aliphatic hydroxyl groups is 1. The van der Waals surface area contributed by atoms with E-state index in [-0.39, 0.29) is 6.54 Å². The van der Waals surface area contributed by atoms with Gasteiger partial charge in [0.1, 0.15) is 11.4 Å². The van der Waals surface area contributed by atoms with Crippen molar-refractivity contribution in [1.29, 1.82) is 0 Å². The summed E-state index contributed by atoms with van der Waals surface area (Å²) >= 11 is 0. The van der Waals surface area contributed by atoms with E-state index in [1.165, 1.54) is 0 Å². The van der Waals surface area contributed by atoms with E-state index in [1.54, 1.807) is 31.5 Å². The molecule has 27 heavy (non-hydrogen) atoms. The molecule has 0 amide bonds.